The van der Waals surface area contributed by atoms with Gasteiger partial charge in [-0.05, 0) is 42.3 Å². The lowest BCUT2D eigenvalue weighted by Gasteiger charge is -2.09. The summed E-state index contributed by atoms with van der Waals surface area (Å²) in [5.74, 6) is 0.199. The van der Waals surface area contributed by atoms with Gasteiger partial charge < -0.3 is 9.88 Å². The summed E-state index contributed by atoms with van der Waals surface area (Å²) in [5, 5.41) is 3.11. The van der Waals surface area contributed by atoms with Crippen molar-refractivity contribution in [1.82, 2.24) is 14.9 Å². The molecule has 1 aromatic heterocycles. The number of nitrogens with zero attached hydrogens (tertiary/aromatic N) is 2. The lowest BCUT2D eigenvalue weighted by molar-refractivity contribution is -0.120. The zero-order valence-electron chi connectivity index (χ0n) is 13.7. The Kier molecular flexibility index (Phi) is 5.14. The van der Waals surface area contributed by atoms with Crippen molar-refractivity contribution in [2.45, 2.75) is 19.9 Å². The standard InChI is InChI=1S/C19H17ClFN3O/c1-13-22-8-9-24(13)17-6-2-14(3-7-17)12-23-19(25)10-15-4-5-16(20)11-18(15)21/h2-9,11H,10,12H2,1H3,(H,23,25). The number of rotatable bonds is 5. The summed E-state index contributed by atoms with van der Waals surface area (Å²) in [5.41, 5.74) is 2.30. The Morgan fingerprint density at radius 2 is 2.00 bits per heavy atom. The molecule has 0 unspecified atom stereocenters. The molecule has 0 saturated heterocycles. The second-order valence-electron chi connectivity index (χ2n) is 5.70. The molecule has 4 nitrogen and oxygen atoms in total. The summed E-state index contributed by atoms with van der Waals surface area (Å²) in [4.78, 5) is 16.2. The molecule has 128 valence electrons. The molecule has 0 aliphatic rings. The van der Waals surface area contributed by atoms with Crippen molar-refractivity contribution in [1.29, 1.82) is 0 Å². The topological polar surface area (TPSA) is 46.9 Å². The highest BCUT2D eigenvalue weighted by Crippen LogP contribution is 2.15. The Labute approximate surface area is 150 Å². The summed E-state index contributed by atoms with van der Waals surface area (Å²) in [6.07, 6.45) is 3.63. The first kappa shape index (κ1) is 17.2. The predicted molar refractivity (Wildman–Crippen MR) is 95.3 cm³/mol. The van der Waals surface area contributed by atoms with E-state index >= 15 is 0 Å². The molecular formula is C19H17ClFN3O. The zero-order chi connectivity index (χ0) is 17.8. The van der Waals surface area contributed by atoms with E-state index in [1.54, 1.807) is 12.3 Å². The summed E-state index contributed by atoms with van der Waals surface area (Å²) >= 11 is 5.71. The van der Waals surface area contributed by atoms with Crippen LogP contribution in [0.5, 0.6) is 0 Å². The number of carbonyl (C=O) groups is 1. The minimum Gasteiger partial charge on any atom is -0.352 e. The number of aryl methyl sites for hydroxylation is 1. The van der Waals surface area contributed by atoms with Crippen molar-refractivity contribution >= 4 is 17.5 Å². The fraction of sp³-hybridized carbons (Fsp3) is 0.158. The molecule has 1 heterocycles. The molecule has 0 spiro atoms. The van der Waals surface area contributed by atoms with Gasteiger partial charge in [0.25, 0.3) is 0 Å². The summed E-state index contributed by atoms with van der Waals surface area (Å²) in [6.45, 7) is 2.32. The molecular weight excluding hydrogens is 341 g/mol. The van der Waals surface area contributed by atoms with Gasteiger partial charge in [0.15, 0.2) is 0 Å². The second kappa shape index (κ2) is 7.49. The van der Waals surface area contributed by atoms with Crippen molar-refractivity contribution in [2.75, 3.05) is 0 Å². The van der Waals surface area contributed by atoms with Crippen LogP contribution in [0.15, 0.2) is 54.9 Å². The first-order valence-electron chi connectivity index (χ1n) is 7.83. The van der Waals surface area contributed by atoms with Crippen LogP contribution in [0, 0.1) is 12.7 Å². The van der Waals surface area contributed by atoms with Gasteiger partial charge in [0.1, 0.15) is 11.6 Å². The fourth-order valence-corrected chi connectivity index (χ4v) is 2.69. The van der Waals surface area contributed by atoms with Crippen LogP contribution < -0.4 is 5.32 Å². The third kappa shape index (κ3) is 4.25. The average molecular weight is 358 g/mol. The summed E-state index contributed by atoms with van der Waals surface area (Å²) < 4.78 is 15.7. The molecule has 0 saturated carbocycles. The monoisotopic (exact) mass is 357 g/mol. The zero-order valence-corrected chi connectivity index (χ0v) is 14.4. The van der Waals surface area contributed by atoms with Crippen LogP contribution in [0.1, 0.15) is 17.0 Å². The van der Waals surface area contributed by atoms with Crippen LogP contribution in [0.25, 0.3) is 5.69 Å². The van der Waals surface area contributed by atoms with Crippen LogP contribution in [0.2, 0.25) is 5.02 Å². The third-order valence-corrected chi connectivity index (χ3v) is 4.13. The Bertz CT molecular complexity index is 890. The van der Waals surface area contributed by atoms with E-state index in [4.69, 9.17) is 11.6 Å². The van der Waals surface area contributed by atoms with E-state index in [1.165, 1.54) is 12.1 Å². The third-order valence-electron chi connectivity index (χ3n) is 3.90. The maximum atomic E-state index is 13.7. The highest BCUT2D eigenvalue weighted by molar-refractivity contribution is 6.30. The summed E-state index contributed by atoms with van der Waals surface area (Å²) in [6, 6.07) is 12.1. The first-order chi connectivity index (χ1) is 12.0. The largest absolute Gasteiger partial charge is 0.352 e. The van der Waals surface area contributed by atoms with Crippen molar-refractivity contribution < 1.29 is 9.18 Å². The smallest absolute Gasteiger partial charge is 0.224 e. The maximum Gasteiger partial charge on any atom is 0.224 e. The van der Waals surface area contributed by atoms with Gasteiger partial charge in [-0.3, -0.25) is 4.79 Å². The number of hydrogen-bond acceptors (Lipinski definition) is 2. The van der Waals surface area contributed by atoms with Gasteiger partial charge in [-0.25, -0.2) is 9.37 Å². The molecule has 0 aliphatic heterocycles. The van der Waals surface area contributed by atoms with E-state index < -0.39 is 5.82 Å². The van der Waals surface area contributed by atoms with Crippen molar-refractivity contribution in [3.63, 3.8) is 0 Å². The summed E-state index contributed by atoms with van der Waals surface area (Å²) in [7, 11) is 0. The Morgan fingerprint density at radius 1 is 1.24 bits per heavy atom. The predicted octanol–water partition coefficient (Wildman–Crippen LogP) is 3.83. The van der Waals surface area contributed by atoms with E-state index in [2.05, 4.69) is 10.3 Å². The number of imidazole rings is 1. The molecule has 1 amide bonds. The molecule has 25 heavy (non-hydrogen) atoms. The van der Waals surface area contributed by atoms with Gasteiger partial charge in [-0.2, -0.15) is 0 Å². The van der Waals surface area contributed by atoms with Gasteiger partial charge in [0, 0.05) is 29.6 Å². The van der Waals surface area contributed by atoms with Crippen molar-refractivity contribution in [2.24, 2.45) is 0 Å². The Morgan fingerprint density at radius 3 is 2.64 bits per heavy atom. The van der Waals surface area contributed by atoms with Gasteiger partial charge in [0.2, 0.25) is 5.91 Å². The quantitative estimate of drug-likeness (QED) is 0.754. The minimum atomic E-state index is -0.470. The molecule has 0 atom stereocenters. The fourth-order valence-electron chi connectivity index (χ4n) is 2.53. The molecule has 3 rings (SSSR count). The number of nitrogens with one attached hydrogen (secondary N) is 1. The van der Waals surface area contributed by atoms with E-state index in [0.717, 1.165) is 17.1 Å². The number of carbonyl (C=O) groups excluding carboxylic acids is 1. The van der Waals surface area contributed by atoms with E-state index in [0.29, 0.717) is 17.1 Å². The number of benzene rings is 2. The van der Waals surface area contributed by atoms with Crippen LogP contribution in [0.4, 0.5) is 4.39 Å². The van der Waals surface area contributed by atoms with Crippen LogP contribution in [0.3, 0.4) is 0 Å². The van der Waals surface area contributed by atoms with Crippen LogP contribution in [-0.2, 0) is 17.8 Å². The molecule has 0 aliphatic carbocycles. The number of amides is 1. The number of halogens is 2. The first-order valence-corrected chi connectivity index (χ1v) is 8.20. The minimum absolute atomic E-state index is 0.0185. The average Bonchev–Trinajstić information content (AvgIpc) is 3.02. The SMILES string of the molecule is Cc1nccn1-c1ccc(CNC(=O)Cc2ccc(Cl)cc2F)cc1. The van der Waals surface area contributed by atoms with Crippen LogP contribution >= 0.6 is 11.6 Å². The normalized spacial score (nSPS) is 10.7. The molecule has 2 aromatic carbocycles. The lowest BCUT2D eigenvalue weighted by atomic mass is 10.1. The molecule has 1 N–H and O–H groups in total. The van der Waals surface area contributed by atoms with Crippen LogP contribution in [-0.4, -0.2) is 15.5 Å². The van der Waals surface area contributed by atoms with E-state index in [9.17, 15) is 9.18 Å². The Balaban J connectivity index is 1.58. The molecule has 3 aromatic rings. The van der Waals surface area contributed by atoms with E-state index in [-0.39, 0.29) is 12.3 Å². The van der Waals surface area contributed by atoms with Gasteiger partial charge in [0.05, 0.1) is 6.42 Å². The van der Waals surface area contributed by atoms with Crippen molar-refractivity contribution in [3.8, 4) is 5.69 Å². The van der Waals surface area contributed by atoms with E-state index in [1.807, 2.05) is 42.0 Å². The number of aromatic nitrogens is 2. The lowest BCUT2D eigenvalue weighted by Crippen LogP contribution is -2.24. The molecule has 0 radical (unpaired) electrons. The van der Waals surface area contributed by atoms with Gasteiger partial charge >= 0.3 is 0 Å². The molecule has 0 bridgehead atoms. The Hall–Kier alpha value is -2.66. The second-order valence-corrected chi connectivity index (χ2v) is 6.14. The maximum absolute atomic E-state index is 13.7. The van der Waals surface area contributed by atoms with Crippen molar-refractivity contribution in [3.05, 3.63) is 82.6 Å². The highest BCUT2D eigenvalue weighted by Gasteiger charge is 2.09. The molecule has 6 heteroatoms. The highest BCUT2D eigenvalue weighted by atomic mass is 35.5. The van der Waals surface area contributed by atoms with Gasteiger partial charge in [-0.15, -0.1) is 0 Å². The number of hydrogen-bond donors (Lipinski definition) is 1. The van der Waals surface area contributed by atoms with Gasteiger partial charge in [-0.1, -0.05) is 29.8 Å². The molecule has 0 fully saturated rings.